The van der Waals surface area contributed by atoms with Crippen LogP contribution in [0.2, 0.25) is 0 Å². The fourth-order valence-electron chi connectivity index (χ4n) is 3.60. The van der Waals surface area contributed by atoms with Crippen LogP contribution in [0.4, 0.5) is 0 Å². The minimum atomic E-state index is -0.947. The highest BCUT2D eigenvalue weighted by atomic mass is 16.5. The Bertz CT molecular complexity index is 1030. The SMILES string of the molecule is CCOC(=O)[C@@H](Cc1ccc(OC)c(OC)c1)NC(=O)CCN1C(=O)c2ccccc2C1=O. The lowest BCUT2D eigenvalue weighted by Gasteiger charge is -2.19. The lowest BCUT2D eigenvalue weighted by Crippen LogP contribution is -2.44. The fraction of sp³-hybridized carbons (Fsp3) is 0.333. The summed E-state index contributed by atoms with van der Waals surface area (Å²) >= 11 is 0. The van der Waals surface area contributed by atoms with Gasteiger partial charge in [0.25, 0.3) is 11.8 Å². The molecule has 0 saturated carbocycles. The van der Waals surface area contributed by atoms with Crippen molar-refractivity contribution in [2.24, 2.45) is 0 Å². The second kappa shape index (κ2) is 10.6. The summed E-state index contributed by atoms with van der Waals surface area (Å²) in [4.78, 5) is 51.0. The average molecular weight is 454 g/mol. The summed E-state index contributed by atoms with van der Waals surface area (Å²) in [5.41, 5.74) is 1.37. The predicted octanol–water partition coefficient (Wildman–Crippen LogP) is 1.98. The Hall–Kier alpha value is -3.88. The number of benzene rings is 2. The number of fused-ring (bicyclic) bond motifs is 1. The number of hydrogen-bond acceptors (Lipinski definition) is 7. The van der Waals surface area contributed by atoms with E-state index in [1.54, 1.807) is 49.4 Å². The molecule has 0 aromatic heterocycles. The van der Waals surface area contributed by atoms with Gasteiger partial charge in [-0.2, -0.15) is 0 Å². The van der Waals surface area contributed by atoms with E-state index in [2.05, 4.69) is 5.32 Å². The highest BCUT2D eigenvalue weighted by Crippen LogP contribution is 2.28. The third-order valence-electron chi connectivity index (χ3n) is 5.23. The highest BCUT2D eigenvalue weighted by Gasteiger charge is 2.35. The van der Waals surface area contributed by atoms with Crippen molar-refractivity contribution >= 4 is 23.7 Å². The van der Waals surface area contributed by atoms with Crippen molar-refractivity contribution in [3.05, 3.63) is 59.2 Å². The van der Waals surface area contributed by atoms with Crippen LogP contribution < -0.4 is 14.8 Å². The van der Waals surface area contributed by atoms with Crippen LogP contribution in [0.5, 0.6) is 11.5 Å². The van der Waals surface area contributed by atoms with Gasteiger partial charge in [-0.15, -0.1) is 0 Å². The molecule has 2 aromatic rings. The third-order valence-corrected chi connectivity index (χ3v) is 5.23. The van der Waals surface area contributed by atoms with Crippen molar-refractivity contribution in [1.82, 2.24) is 10.2 Å². The first kappa shape index (κ1) is 23.8. The maximum atomic E-state index is 12.6. The van der Waals surface area contributed by atoms with Gasteiger partial charge in [-0.25, -0.2) is 4.79 Å². The number of hydrogen-bond donors (Lipinski definition) is 1. The van der Waals surface area contributed by atoms with Crippen LogP contribution >= 0.6 is 0 Å². The second-order valence-electron chi connectivity index (χ2n) is 7.32. The van der Waals surface area contributed by atoms with Crippen LogP contribution in [-0.2, 0) is 20.7 Å². The number of carbonyl (C=O) groups excluding carboxylic acids is 4. The summed E-state index contributed by atoms with van der Waals surface area (Å²) in [7, 11) is 3.03. The van der Waals surface area contributed by atoms with Crippen molar-refractivity contribution in [1.29, 1.82) is 0 Å². The predicted molar refractivity (Wildman–Crippen MR) is 118 cm³/mol. The Balaban J connectivity index is 1.66. The number of nitrogens with zero attached hydrogens (tertiary/aromatic N) is 1. The molecular weight excluding hydrogens is 428 g/mol. The average Bonchev–Trinajstić information content (AvgIpc) is 3.07. The largest absolute Gasteiger partial charge is 0.493 e. The minimum Gasteiger partial charge on any atom is -0.493 e. The number of esters is 1. The standard InChI is InChI=1S/C24H26N2O7/c1-4-33-24(30)18(13-15-9-10-19(31-2)20(14-15)32-3)25-21(27)11-12-26-22(28)16-7-5-6-8-17(16)23(26)29/h5-10,14,18H,4,11-13H2,1-3H3,(H,25,27)/t18-/m1/s1. The Labute approximate surface area is 191 Å². The normalized spacial score (nSPS) is 13.4. The number of carbonyl (C=O) groups is 4. The van der Waals surface area contributed by atoms with Gasteiger partial charge in [0, 0.05) is 19.4 Å². The molecule has 1 aliphatic heterocycles. The molecule has 3 rings (SSSR count). The van der Waals surface area contributed by atoms with Gasteiger partial charge in [0.2, 0.25) is 5.91 Å². The fourth-order valence-corrected chi connectivity index (χ4v) is 3.60. The summed E-state index contributed by atoms with van der Waals surface area (Å²) in [6, 6.07) is 10.8. The van der Waals surface area contributed by atoms with Crippen molar-refractivity contribution in [2.75, 3.05) is 27.4 Å². The molecule has 0 spiro atoms. The van der Waals surface area contributed by atoms with E-state index in [9.17, 15) is 19.2 Å². The molecule has 1 N–H and O–H groups in total. The first-order valence-corrected chi connectivity index (χ1v) is 10.5. The van der Waals surface area contributed by atoms with Crippen LogP contribution in [0.15, 0.2) is 42.5 Å². The lowest BCUT2D eigenvalue weighted by molar-refractivity contribution is -0.147. The first-order valence-electron chi connectivity index (χ1n) is 10.5. The summed E-state index contributed by atoms with van der Waals surface area (Å²) in [5.74, 6) is -0.897. The van der Waals surface area contributed by atoms with Gasteiger partial charge in [0.1, 0.15) is 6.04 Å². The maximum Gasteiger partial charge on any atom is 0.328 e. The van der Waals surface area contributed by atoms with Gasteiger partial charge in [0.15, 0.2) is 11.5 Å². The quantitative estimate of drug-likeness (QED) is 0.432. The van der Waals surface area contributed by atoms with E-state index >= 15 is 0 Å². The molecule has 1 aliphatic rings. The molecule has 0 radical (unpaired) electrons. The molecule has 1 heterocycles. The lowest BCUT2D eigenvalue weighted by atomic mass is 10.0. The molecule has 9 heteroatoms. The van der Waals surface area contributed by atoms with E-state index in [4.69, 9.17) is 14.2 Å². The molecule has 3 amide bonds. The Morgan fingerprint density at radius 3 is 2.18 bits per heavy atom. The van der Waals surface area contributed by atoms with Crippen molar-refractivity contribution in [2.45, 2.75) is 25.8 Å². The van der Waals surface area contributed by atoms with E-state index in [-0.39, 0.29) is 26.0 Å². The molecule has 9 nitrogen and oxygen atoms in total. The van der Waals surface area contributed by atoms with Crippen LogP contribution in [0.25, 0.3) is 0 Å². The van der Waals surface area contributed by atoms with Gasteiger partial charge in [0.05, 0.1) is 32.0 Å². The Kier molecular flexibility index (Phi) is 7.66. The molecule has 174 valence electrons. The molecule has 2 aromatic carbocycles. The van der Waals surface area contributed by atoms with Crippen molar-refractivity contribution in [3.8, 4) is 11.5 Å². The zero-order chi connectivity index (χ0) is 24.0. The van der Waals surface area contributed by atoms with Crippen LogP contribution in [-0.4, -0.2) is 62.0 Å². The topological polar surface area (TPSA) is 111 Å². The molecule has 0 fully saturated rings. The van der Waals surface area contributed by atoms with E-state index in [0.29, 0.717) is 22.6 Å². The van der Waals surface area contributed by atoms with Gasteiger partial charge >= 0.3 is 5.97 Å². The minimum absolute atomic E-state index is 0.0932. The summed E-state index contributed by atoms with van der Waals surface area (Å²) < 4.78 is 15.6. The van der Waals surface area contributed by atoms with E-state index in [1.807, 2.05) is 0 Å². The van der Waals surface area contributed by atoms with Crippen molar-refractivity contribution < 1.29 is 33.4 Å². The van der Waals surface area contributed by atoms with Crippen LogP contribution in [0.1, 0.15) is 39.6 Å². The molecule has 33 heavy (non-hydrogen) atoms. The Morgan fingerprint density at radius 1 is 0.970 bits per heavy atom. The number of amides is 3. The molecule has 0 aliphatic carbocycles. The zero-order valence-corrected chi connectivity index (χ0v) is 18.8. The molecule has 0 saturated heterocycles. The monoisotopic (exact) mass is 454 g/mol. The van der Waals surface area contributed by atoms with Gasteiger partial charge in [-0.1, -0.05) is 18.2 Å². The molecule has 0 unspecified atom stereocenters. The highest BCUT2D eigenvalue weighted by molar-refractivity contribution is 6.21. The summed E-state index contributed by atoms with van der Waals surface area (Å²) in [6.45, 7) is 1.74. The zero-order valence-electron chi connectivity index (χ0n) is 18.8. The molecular formula is C24H26N2O7. The van der Waals surface area contributed by atoms with E-state index < -0.39 is 29.7 Å². The maximum absolute atomic E-state index is 12.6. The number of rotatable bonds is 10. The Morgan fingerprint density at radius 2 is 1.61 bits per heavy atom. The van der Waals surface area contributed by atoms with E-state index in [0.717, 1.165) is 10.5 Å². The molecule has 0 bridgehead atoms. The van der Waals surface area contributed by atoms with Gasteiger partial charge in [-0.3, -0.25) is 19.3 Å². The van der Waals surface area contributed by atoms with Gasteiger partial charge in [-0.05, 0) is 36.8 Å². The number of methoxy groups -OCH3 is 2. The number of imide groups is 1. The van der Waals surface area contributed by atoms with Crippen LogP contribution in [0, 0.1) is 0 Å². The molecule has 1 atom stereocenters. The van der Waals surface area contributed by atoms with E-state index in [1.165, 1.54) is 14.2 Å². The number of ether oxygens (including phenoxy) is 3. The smallest absolute Gasteiger partial charge is 0.328 e. The first-order chi connectivity index (χ1) is 15.9. The van der Waals surface area contributed by atoms with Crippen molar-refractivity contribution in [3.63, 3.8) is 0 Å². The summed E-state index contributed by atoms with van der Waals surface area (Å²) in [6.07, 6.45) is 0.0191. The van der Waals surface area contributed by atoms with Crippen LogP contribution in [0.3, 0.4) is 0 Å². The summed E-state index contributed by atoms with van der Waals surface area (Å²) in [5, 5.41) is 2.66. The second-order valence-corrected chi connectivity index (χ2v) is 7.32. The van der Waals surface area contributed by atoms with Gasteiger partial charge < -0.3 is 19.5 Å². The third kappa shape index (κ3) is 5.31. The number of nitrogens with one attached hydrogen (secondary N) is 1.